The van der Waals surface area contributed by atoms with Gasteiger partial charge >= 0.3 is 0 Å². The first kappa shape index (κ1) is 16.9. The summed E-state index contributed by atoms with van der Waals surface area (Å²) in [6.45, 7) is 5.21. The molecule has 1 amide bonds. The fraction of sp³-hybridized carbons (Fsp3) is 0.500. The van der Waals surface area contributed by atoms with E-state index in [9.17, 15) is 17.6 Å². The quantitative estimate of drug-likeness (QED) is 0.833. The summed E-state index contributed by atoms with van der Waals surface area (Å²) in [6, 6.07) is 4.11. The van der Waals surface area contributed by atoms with Gasteiger partial charge < -0.3 is 10.2 Å². The first-order valence-electron chi connectivity index (χ1n) is 7.11. The Morgan fingerprint density at radius 3 is 2.77 bits per heavy atom. The predicted octanol–water partition coefficient (Wildman–Crippen LogP) is 0.313. The summed E-state index contributed by atoms with van der Waals surface area (Å²) >= 11 is 0. The van der Waals surface area contributed by atoms with E-state index in [1.807, 2.05) is 6.92 Å². The highest BCUT2D eigenvalue weighted by atomic mass is 32.2. The van der Waals surface area contributed by atoms with E-state index in [2.05, 4.69) is 10.0 Å². The maximum Gasteiger partial charge on any atom is 0.244 e. The van der Waals surface area contributed by atoms with Crippen LogP contribution in [0.25, 0.3) is 0 Å². The minimum absolute atomic E-state index is 0.0123. The molecule has 22 heavy (non-hydrogen) atoms. The molecule has 0 saturated carbocycles. The Hall–Kier alpha value is -1.51. The van der Waals surface area contributed by atoms with Crippen LogP contribution in [0.2, 0.25) is 0 Å². The van der Waals surface area contributed by atoms with Crippen molar-refractivity contribution in [3.8, 4) is 0 Å². The lowest BCUT2D eigenvalue weighted by Gasteiger charge is -2.35. The van der Waals surface area contributed by atoms with Crippen LogP contribution in [0, 0.1) is 5.82 Å². The average molecular weight is 329 g/mol. The van der Waals surface area contributed by atoms with E-state index in [0.717, 1.165) is 6.07 Å². The summed E-state index contributed by atoms with van der Waals surface area (Å²) in [4.78, 5) is 13.6. The first-order chi connectivity index (χ1) is 10.3. The number of piperazine rings is 1. The van der Waals surface area contributed by atoms with Crippen LogP contribution in [0.5, 0.6) is 0 Å². The third kappa shape index (κ3) is 3.63. The van der Waals surface area contributed by atoms with E-state index in [-0.39, 0.29) is 11.9 Å². The third-order valence-electron chi connectivity index (χ3n) is 3.61. The summed E-state index contributed by atoms with van der Waals surface area (Å²) in [5.41, 5.74) is 0. The minimum atomic E-state index is -4.08. The van der Waals surface area contributed by atoms with Crippen LogP contribution in [0.4, 0.5) is 4.39 Å². The second-order valence-electron chi connectivity index (χ2n) is 5.36. The molecular formula is C14H20FN3O3S. The van der Waals surface area contributed by atoms with Gasteiger partial charge in [-0.3, -0.25) is 4.79 Å². The Labute approximate surface area is 129 Å². The van der Waals surface area contributed by atoms with Crippen LogP contribution in [0.3, 0.4) is 0 Å². The normalized spacial score (nSPS) is 20.7. The van der Waals surface area contributed by atoms with Crippen molar-refractivity contribution in [3.05, 3.63) is 30.1 Å². The molecule has 0 aromatic heterocycles. The summed E-state index contributed by atoms with van der Waals surface area (Å²) in [5, 5.41) is 3.16. The molecule has 1 heterocycles. The number of carbonyl (C=O) groups is 1. The van der Waals surface area contributed by atoms with Gasteiger partial charge in [-0.1, -0.05) is 12.1 Å². The molecule has 0 radical (unpaired) electrons. The molecule has 8 heteroatoms. The van der Waals surface area contributed by atoms with Crippen molar-refractivity contribution in [2.24, 2.45) is 0 Å². The van der Waals surface area contributed by atoms with E-state index >= 15 is 0 Å². The zero-order chi connectivity index (χ0) is 16.3. The number of halogens is 1. The summed E-state index contributed by atoms with van der Waals surface area (Å²) in [7, 11) is -4.08. The molecule has 1 unspecified atom stereocenters. The van der Waals surface area contributed by atoms with Gasteiger partial charge in [-0.2, -0.15) is 4.72 Å². The van der Waals surface area contributed by atoms with E-state index in [4.69, 9.17) is 0 Å². The van der Waals surface area contributed by atoms with Crippen LogP contribution in [0.1, 0.15) is 13.8 Å². The molecule has 2 rings (SSSR count). The van der Waals surface area contributed by atoms with Crippen molar-refractivity contribution in [1.29, 1.82) is 0 Å². The molecule has 1 aliphatic heterocycles. The molecule has 1 fully saturated rings. The van der Waals surface area contributed by atoms with Crippen molar-refractivity contribution in [3.63, 3.8) is 0 Å². The highest BCUT2D eigenvalue weighted by Gasteiger charge is 2.30. The molecule has 122 valence electrons. The van der Waals surface area contributed by atoms with Gasteiger partial charge in [-0.15, -0.1) is 0 Å². The number of hydrogen-bond donors (Lipinski definition) is 2. The second-order valence-corrected chi connectivity index (χ2v) is 7.04. The Morgan fingerprint density at radius 1 is 1.45 bits per heavy atom. The number of benzene rings is 1. The standard InChI is InChI=1S/C14H20FN3O3S/c1-10-9-16-7-8-18(10)14(19)11(2)17-22(20,21)13-6-4-3-5-12(13)15/h3-6,10-11,16-17H,7-9H2,1-2H3/t10-,11?/m1/s1. The largest absolute Gasteiger partial charge is 0.336 e. The van der Waals surface area contributed by atoms with E-state index in [1.54, 1.807) is 4.90 Å². The molecule has 0 spiro atoms. The lowest BCUT2D eigenvalue weighted by atomic mass is 10.2. The lowest BCUT2D eigenvalue weighted by Crippen LogP contribution is -2.57. The monoisotopic (exact) mass is 329 g/mol. The van der Waals surface area contributed by atoms with Crippen LogP contribution in [-0.2, 0) is 14.8 Å². The summed E-state index contributed by atoms with van der Waals surface area (Å²) in [6.07, 6.45) is 0. The van der Waals surface area contributed by atoms with Crippen molar-refractivity contribution in [1.82, 2.24) is 14.9 Å². The Bertz CT molecular complexity index is 650. The van der Waals surface area contributed by atoms with Gasteiger partial charge in [0, 0.05) is 25.7 Å². The predicted molar refractivity (Wildman–Crippen MR) is 80.2 cm³/mol. The molecule has 2 atom stereocenters. The molecule has 0 aliphatic carbocycles. The summed E-state index contributed by atoms with van der Waals surface area (Å²) < 4.78 is 40.3. The molecule has 6 nitrogen and oxygen atoms in total. The molecule has 1 saturated heterocycles. The van der Waals surface area contributed by atoms with Crippen LogP contribution < -0.4 is 10.0 Å². The average Bonchev–Trinajstić information content (AvgIpc) is 2.46. The van der Waals surface area contributed by atoms with Gasteiger partial charge in [0.1, 0.15) is 10.7 Å². The van der Waals surface area contributed by atoms with Crippen LogP contribution in [-0.4, -0.2) is 50.9 Å². The Kier molecular flexibility index (Phi) is 5.15. The van der Waals surface area contributed by atoms with Gasteiger partial charge in [-0.25, -0.2) is 12.8 Å². The van der Waals surface area contributed by atoms with Crippen molar-refractivity contribution in [2.75, 3.05) is 19.6 Å². The SMILES string of the molecule is CC(NS(=O)(=O)c1ccccc1F)C(=O)N1CCNC[C@H]1C. The van der Waals surface area contributed by atoms with Crippen LogP contribution >= 0.6 is 0 Å². The zero-order valence-electron chi connectivity index (χ0n) is 12.5. The second kappa shape index (κ2) is 6.72. The van der Waals surface area contributed by atoms with E-state index in [0.29, 0.717) is 19.6 Å². The number of rotatable bonds is 4. The minimum Gasteiger partial charge on any atom is -0.336 e. The number of carbonyl (C=O) groups excluding carboxylic acids is 1. The molecule has 2 N–H and O–H groups in total. The van der Waals surface area contributed by atoms with Gasteiger partial charge in [0.2, 0.25) is 15.9 Å². The highest BCUT2D eigenvalue weighted by molar-refractivity contribution is 7.89. The topological polar surface area (TPSA) is 78.5 Å². The van der Waals surface area contributed by atoms with Gasteiger partial charge in [0.25, 0.3) is 0 Å². The fourth-order valence-electron chi connectivity index (χ4n) is 2.43. The number of amides is 1. The van der Waals surface area contributed by atoms with Crippen LogP contribution in [0.15, 0.2) is 29.2 Å². The maximum atomic E-state index is 13.6. The number of nitrogens with one attached hydrogen (secondary N) is 2. The summed E-state index contributed by atoms with van der Waals surface area (Å²) in [5.74, 6) is -1.15. The number of nitrogens with zero attached hydrogens (tertiary/aromatic N) is 1. The molecule has 1 aliphatic rings. The van der Waals surface area contributed by atoms with E-state index in [1.165, 1.54) is 25.1 Å². The Balaban J connectivity index is 2.12. The number of hydrogen-bond acceptors (Lipinski definition) is 4. The number of sulfonamides is 1. The first-order valence-corrected chi connectivity index (χ1v) is 8.59. The third-order valence-corrected chi connectivity index (χ3v) is 5.19. The smallest absolute Gasteiger partial charge is 0.244 e. The van der Waals surface area contributed by atoms with Crippen molar-refractivity contribution >= 4 is 15.9 Å². The van der Waals surface area contributed by atoms with Gasteiger partial charge in [-0.05, 0) is 26.0 Å². The van der Waals surface area contributed by atoms with Gasteiger partial charge in [0.05, 0.1) is 6.04 Å². The maximum absolute atomic E-state index is 13.6. The molecule has 0 bridgehead atoms. The molecule has 1 aromatic rings. The molecular weight excluding hydrogens is 309 g/mol. The lowest BCUT2D eigenvalue weighted by molar-refractivity contribution is -0.135. The van der Waals surface area contributed by atoms with Crippen molar-refractivity contribution in [2.45, 2.75) is 30.8 Å². The Morgan fingerprint density at radius 2 is 2.14 bits per heavy atom. The van der Waals surface area contributed by atoms with E-state index < -0.39 is 26.8 Å². The fourth-order valence-corrected chi connectivity index (χ4v) is 3.70. The molecule has 1 aromatic carbocycles. The van der Waals surface area contributed by atoms with Gasteiger partial charge in [0.15, 0.2) is 0 Å². The zero-order valence-corrected chi connectivity index (χ0v) is 13.4. The van der Waals surface area contributed by atoms with Crippen molar-refractivity contribution < 1.29 is 17.6 Å². The highest BCUT2D eigenvalue weighted by Crippen LogP contribution is 2.14.